The number of rotatable bonds is 6. The van der Waals surface area contributed by atoms with Crippen LogP contribution in [0.1, 0.15) is 35.6 Å². The zero-order valence-corrected chi connectivity index (χ0v) is 16.6. The Kier molecular flexibility index (Phi) is 6.59. The molecule has 0 saturated heterocycles. The largest absolute Gasteiger partial charge is 0.271 e. The number of carbonyl (C=O) groups excluding carboxylic acids is 1. The summed E-state index contributed by atoms with van der Waals surface area (Å²) in [6.07, 6.45) is 3.34. The van der Waals surface area contributed by atoms with Crippen LogP contribution in [-0.4, -0.2) is 32.3 Å². The maximum Gasteiger partial charge on any atom is 0.271 e. The van der Waals surface area contributed by atoms with Crippen LogP contribution in [0.2, 0.25) is 5.15 Å². The number of aromatic nitrogens is 3. The van der Waals surface area contributed by atoms with Crippen LogP contribution in [0.25, 0.3) is 0 Å². The third kappa shape index (κ3) is 5.66. The fourth-order valence-corrected chi connectivity index (χ4v) is 2.50. The summed E-state index contributed by atoms with van der Waals surface area (Å²) in [4.78, 5) is 25.0. The smallest absolute Gasteiger partial charge is 0.267 e. The van der Waals surface area contributed by atoms with Crippen molar-refractivity contribution in [3.63, 3.8) is 0 Å². The molecule has 9 heteroatoms. The van der Waals surface area contributed by atoms with Crippen molar-refractivity contribution in [3.8, 4) is 0 Å². The minimum atomic E-state index is -0.432. The number of anilines is 1. The lowest BCUT2D eigenvalue weighted by atomic mass is 10.2. The number of amides is 1. The molecule has 0 aliphatic heterocycles. The Morgan fingerprint density at radius 3 is 2.14 bits per heavy atom. The van der Waals surface area contributed by atoms with E-state index in [-0.39, 0.29) is 10.7 Å². The summed E-state index contributed by atoms with van der Waals surface area (Å²) < 4.78 is 0. The highest BCUT2D eigenvalue weighted by atomic mass is 35.5. The summed E-state index contributed by atoms with van der Waals surface area (Å²) in [6.45, 7) is 3.56. The van der Waals surface area contributed by atoms with Crippen molar-refractivity contribution in [2.75, 3.05) is 5.43 Å². The molecule has 0 unspecified atom stereocenters. The van der Waals surface area contributed by atoms with Crippen LogP contribution in [0.15, 0.2) is 71.1 Å². The number of hydrazone groups is 2. The van der Waals surface area contributed by atoms with E-state index < -0.39 is 5.91 Å². The van der Waals surface area contributed by atoms with Gasteiger partial charge in [0.05, 0.1) is 22.8 Å². The van der Waals surface area contributed by atoms with Crippen LogP contribution in [0.4, 0.5) is 5.82 Å². The Balaban J connectivity index is 1.72. The first kappa shape index (κ1) is 20.1. The van der Waals surface area contributed by atoms with E-state index in [1.807, 2.05) is 31.2 Å². The van der Waals surface area contributed by atoms with Crippen molar-refractivity contribution in [1.82, 2.24) is 20.4 Å². The minimum absolute atomic E-state index is 0.149. The maximum atomic E-state index is 12.4. The summed E-state index contributed by atoms with van der Waals surface area (Å²) in [5.74, 6) is -0.110. The number of nitrogens with one attached hydrogen (secondary N) is 2. The molecular formula is C20H18ClN7O. The van der Waals surface area contributed by atoms with Crippen molar-refractivity contribution in [3.05, 3.63) is 83.0 Å². The van der Waals surface area contributed by atoms with Crippen LogP contribution < -0.4 is 10.9 Å². The second kappa shape index (κ2) is 9.52. The quantitative estimate of drug-likeness (QED) is 0.369. The Hall–Kier alpha value is -3.65. The Morgan fingerprint density at radius 1 is 0.931 bits per heavy atom. The van der Waals surface area contributed by atoms with Crippen molar-refractivity contribution in [2.24, 2.45) is 10.2 Å². The van der Waals surface area contributed by atoms with Gasteiger partial charge in [-0.15, -0.1) is 0 Å². The molecule has 29 heavy (non-hydrogen) atoms. The lowest BCUT2D eigenvalue weighted by molar-refractivity contribution is 0.0954. The third-order valence-electron chi connectivity index (χ3n) is 3.79. The molecule has 0 fully saturated rings. The van der Waals surface area contributed by atoms with E-state index in [9.17, 15) is 4.79 Å². The number of pyridine rings is 3. The number of nitrogens with zero attached hydrogens (tertiary/aromatic N) is 5. The first-order chi connectivity index (χ1) is 14.0. The number of carbonyl (C=O) groups is 1. The van der Waals surface area contributed by atoms with Gasteiger partial charge in [-0.2, -0.15) is 10.2 Å². The first-order valence-corrected chi connectivity index (χ1v) is 9.06. The molecule has 3 aromatic heterocycles. The topological polar surface area (TPSA) is 105 Å². The van der Waals surface area contributed by atoms with Gasteiger partial charge in [0.1, 0.15) is 11.0 Å². The normalized spacial score (nSPS) is 11.8. The van der Waals surface area contributed by atoms with E-state index in [1.54, 1.807) is 31.5 Å². The fourth-order valence-electron chi connectivity index (χ4n) is 2.29. The molecule has 3 aromatic rings. The molecule has 0 atom stereocenters. The predicted octanol–water partition coefficient (Wildman–Crippen LogP) is 3.52. The Labute approximate surface area is 172 Å². The molecule has 0 spiro atoms. The van der Waals surface area contributed by atoms with Crippen LogP contribution >= 0.6 is 11.6 Å². The van der Waals surface area contributed by atoms with Crippen molar-refractivity contribution < 1.29 is 4.79 Å². The van der Waals surface area contributed by atoms with E-state index in [1.165, 1.54) is 12.1 Å². The standard InChI is InChI=1S/C20H18ClN7O/c1-13(16-7-3-5-9-22-16)25-27-19-12-15(11-18(21)24-19)20(29)28-26-14(2)17-8-4-6-10-23-17/h3-12H,1-2H3,(H,24,27)(H,28,29)/b25-13+,26-14+. The Bertz CT molecular complexity index is 1050. The van der Waals surface area contributed by atoms with Crippen LogP contribution in [0.5, 0.6) is 0 Å². The number of halogens is 1. The summed E-state index contributed by atoms with van der Waals surface area (Å²) in [7, 11) is 0. The highest BCUT2D eigenvalue weighted by Crippen LogP contribution is 2.15. The molecule has 3 heterocycles. The van der Waals surface area contributed by atoms with E-state index >= 15 is 0 Å². The highest BCUT2D eigenvalue weighted by molar-refractivity contribution is 6.30. The monoisotopic (exact) mass is 407 g/mol. The zero-order chi connectivity index (χ0) is 20.6. The minimum Gasteiger partial charge on any atom is -0.267 e. The SMILES string of the molecule is C/C(=N\NC(=O)c1cc(Cl)nc(N/N=C(\C)c2ccccn2)c1)c1ccccn1. The predicted molar refractivity (Wildman–Crippen MR) is 113 cm³/mol. The van der Waals surface area contributed by atoms with E-state index in [0.717, 1.165) is 5.69 Å². The number of hydrogen-bond acceptors (Lipinski definition) is 7. The van der Waals surface area contributed by atoms with Gasteiger partial charge in [-0.3, -0.25) is 20.2 Å². The zero-order valence-electron chi connectivity index (χ0n) is 15.8. The summed E-state index contributed by atoms with van der Waals surface area (Å²) in [5, 5.41) is 8.46. The molecule has 146 valence electrons. The van der Waals surface area contributed by atoms with Crippen molar-refractivity contribution in [2.45, 2.75) is 13.8 Å². The molecule has 0 aliphatic carbocycles. The van der Waals surface area contributed by atoms with Crippen LogP contribution in [0.3, 0.4) is 0 Å². The fraction of sp³-hybridized carbons (Fsp3) is 0.100. The van der Waals surface area contributed by atoms with Crippen molar-refractivity contribution >= 4 is 34.7 Å². The van der Waals surface area contributed by atoms with Crippen LogP contribution in [-0.2, 0) is 0 Å². The van der Waals surface area contributed by atoms with Crippen LogP contribution in [0, 0.1) is 0 Å². The second-order valence-corrected chi connectivity index (χ2v) is 6.33. The molecule has 0 radical (unpaired) electrons. The summed E-state index contributed by atoms with van der Waals surface area (Å²) in [5.41, 5.74) is 8.20. The first-order valence-electron chi connectivity index (χ1n) is 8.68. The molecule has 0 aromatic carbocycles. The van der Waals surface area contributed by atoms with Gasteiger partial charge in [-0.1, -0.05) is 23.7 Å². The van der Waals surface area contributed by atoms with Crippen molar-refractivity contribution in [1.29, 1.82) is 0 Å². The van der Waals surface area contributed by atoms with E-state index in [4.69, 9.17) is 11.6 Å². The van der Waals surface area contributed by atoms with Gasteiger partial charge in [0, 0.05) is 18.0 Å². The summed E-state index contributed by atoms with van der Waals surface area (Å²) >= 11 is 6.05. The molecule has 8 nitrogen and oxygen atoms in total. The molecule has 3 rings (SSSR count). The van der Waals surface area contributed by atoms with Gasteiger partial charge < -0.3 is 0 Å². The average Bonchev–Trinajstić information content (AvgIpc) is 2.76. The molecule has 2 N–H and O–H groups in total. The molecule has 0 saturated carbocycles. The molecule has 1 amide bonds. The molecule has 0 bridgehead atoms. The summed E-state index contributed by atoms with van der Waals surface area (Å²) in [6, 6.07) is 14.0. The van der Waals surface area contributed by atoms with Gasteiger partial charge >= 0.3 is 0 Å². The highest BCUT2D eigenvalue weighted by Gasteiger charge is 2.10. The van der Waals surface area contributed by atoms with E-state index in [0.29, 0.717) is 22.9 Å². The molecule has 0 aliphatic rings. The second-order valence-electron chi connectivity index (χ2n) is 5.94. The van der Waals surface area contributed by atoms with Gasteiger partial charge in [0.25, 0.3) is 5.91 Å². The van der Waals surface area contributed by atoms with E-state index in [2.05, 4.69) is 36.0 Å². The van der Waals surface area contributed by atoms with Gasteiger partial charge in [0.15, 0.2) is 0 Å². The van der Waals surface area contributed by atoms with Gasteiger partial charge in [-0.05, 0) is 50.2 Å². The van der Waals surface area contributed by atoms with Gasteiger partial charge in [0.2, 0.25) is 0 Å². The lowest BCUT2D eigenvalue weighted by Crippen LogP contribution is -2.20. The maximum absolute atomic E-state index is 12.4. The average molecular weight is 408 g/mol. The van der Waals surface area contributed by atoms with Gasteiger partial charge in [-0.25, -0.2) is 10.4 Å². The third-order valence-corrected chi connectivity index (χ3v) is 3.98. The Morgan fingerprint density at radius 2 is 1.55 bits per heavy atom. The number of hydrogen-bond donors (Lipinski definition) is 2. The lowest BCUT2D eigenvalue weighted by Gasteiger charge is -2.06. The molecular weight excluding hydrogens is 390 g/mol.